The lowest BCUT2D eigenvalue weighted by atomic mass is 10.2. The van der Waals surface area contributed by atoms with Gasteiger partial charge in [0.2, 0.25) is 11.8 Å². The average Bonchev–Trinajstić information content (AvgIpc) is 3.51. The smallest absolute Gasteiger partial charge is 0.247 e. The largest absolute Gasteiger partial charge is 0.497 e. The lowest BCUT2D eigenvalue weighted by Crippen LogP contribution is -2.00. The van der Waals surface area contributed by atoms with Gasteiger partial charge in [-0.05, 0) is 60.7 Å². The molecule has 0 saturated heterocycles. The Kier molecular flexibility index (Phi) is 6.10. The van der Waals surface area contributed by atoms with E-state index in [1.807, 2.05) is 83.4 Å². The molecule has 0 aliphatic heterocycles. The third kappa shape index (κ3) is 4.62. The van der Waals surface area contributed by atoms with E-state index in [9.17, 15) is 0 Å². The summed E-state index contributed by atoms with van der Waals surface area (Å²) in [5.74, 6) is 2.93. The van der Waals surface area contributed by atoms with Crippen LogP contribution in [0.15, 0.2) is 88.4 Å². The fourth-order valence-electron chi connectivity index (χ4n) is 3.25. The number of rotatable bonds is 7. The Hall–Kier alpha value is -3.62. The van der Waals surface area contributed by atoms with E-state index in [1.165, 1.54) is 11.8 Å². The monoisotopic (exact) mass is 475 g/mol. The number of ether oxygens (including phenoxy) is 1. The maximum Gasteiger partial charge on any atom is 0.247 e. The van der Waals surface area contributed by atoms with Gasteiger partial charge in [-0.3, -0.25) is 4.57 Å². The van der Waals surface area contributed by atoms with E-state index < -0.39 is 0 Å². The topological polar surface area (TPSA) is 78.9 Å². The van der Waals surface area contributed by atoms with E-state index in [0.29, 0.717) is 33.5 Å². The molecule has 0 aliphatic rings. The van der Waals surface area contributed by atoms with Gasteiger partial charge in [0.05, 0.1) is 12.9 Å². The van der Waals surface area contributed by atoms with Crippen LogP contribution in [0.25, 0.3) is 28.5 Å². The lowest BCUT2D eigenvalue weighted by Gasteiger charge is -2.11. The molecule has 0 radical (unpaired) electrons. The van der Waals surface area contributed by atoms with Crippen LogP contribution in [0, 0.1) is 0 Å². The van der Waals surface area contributed by atoms with Crippen molar-refractivity contribution in [3.8, 4) is 34.3 Å². The molecule has 2 heterocycles. The minimum atomic E-state index is 0.453. The number of hydrogen-bond acceptors (Lipinski definition) is 7. The zero-order chi connectivity index (χ0) is 22.6. The molecule has 5 aromatic rings. The fraction of sp³-hybridized carbons (Fsp3) is 0.0833. The SMILES string of the molecule is COc1ccc(-n2c(SCc3nnc(-c4ccccc4)o3)nnc2-c2ccc(Cl)cc2)cc1. The normalized spacial score (nSPS) is 11.0. The molecule has 0 spiro atoms. The van der Waals surface area contributed by atoms with E-state index in [2.05, 4.69) is 20.4 Å². The van der Waals surface area contributed by atoms with Crippen LogP contribution in [0.1, 0.15) is 5.89 Å². The number of thioether (sulfide) groups is 1. The summed E-state index contributed by atoms with van der Waals surface area (Å²) < 4.78 is 13.1. The highest BCUT2D eigenvalue weighted by Gasteiger charge is 2.18. The summed E-state index contributed by atoms with van der Waals surface area (Å²) in [5, 5.41) is 18.6. The average molecular weight is 476 g/mol. The molecule has 3 aromatic carbocycles. The van der Waals surface area contributed by atoms with E-state index >= 15 is 0 Å². The second kappa shape index (κ2) is 9.48. The molecule has 0 N–H and O–H groups in total. The van der Waals surface area contributed by atoms with Crippen LogP contribution in [0.4, 0.5) is 0 Å². The first kappa shape index (κ1) is 21.2. The summed E-state index contributed by atoms with van der Waals surface area (Å²) in [6, 6.07) is 24.9. The minimum absolute atomic E-state index is 0.453. The van der Waals surface area contributed by atoms with Crippen LogP contribution in [0.2, 0.25) is 5.02 Å². The van der Waals surface area contributed by atoms with E-state index in [4.69, 9.17) is 20.8 Å². The summed E-state index contributed by atoms with van der Waals surface area (Å²) in [6.45, 7) is 0. The Balaban J connectivity index is 1.45. The molecule has 5 rings (SSSR count). The molecule has 0 aliphatic carbocycles. The maximum absolute atomic E-state index is 6.07. The summed E-state index contributed by atoms with van der Waals surface area (Å²) in [7, 11) is 1.64. The van der Waals surface area contributed by atoms with Crippen molar-refractivity contribution in [2.45, 2.75) is 10.9 Å². The predicted molar refractivity (Wildman–Crippen MR) is 128 cm³/mol. The van der Waals surface area contributed by atoms with Crippen molar-refractivity contribution < 1.29 is 9.15 Å². The van der Waals surface area contributed by atoms with Gasteiger partial charge in [-0.15, -0.1) is 20.4 Å². The van der Waals surface area contributed by atoms with Gasteiger partial charge in [0.25, 0.3) is 0 Å². The summed E-state index contributed by atoms with van der Waals surface area (Å²) in [6.07, 6.45) is 0. The molecule has 0 atom stereocenters. The molecule has 0 saturated carbocycles. The highest BCUT2D eigenvalue weighted by atomic mass is 35.5. The number of nitrogens with zero attached hydrogens (tertiary/aromatic N) is 5. The molecule has 2 aromatic heterocycles. The van der Waals surface area contributed by atoms with Crippen LogP contribution >= 0.6 is 23.4 Å². The Morgan fingerprint density at radius 1 is 0.848 bits per heavy atom. The number of benzene rings is 3. The van der Waals surface area contributed by atoms with Gasteiger partial charge in [-0.1, -0.05) is 41.6 Å². The summed E-state index contributed by atoms with van der Waals surface area (Å²) in [4.78, 5) is 0. The molecule has 0 fully saturated rings. The summed E-state index contributed by atoms with van der Waals surface area (Å²) in [5.41, 5.74) is 2.69. The predicted octanol–water partition coefficient (Wildman–Crippen LogP) is 5.94. The molecular formula is C24H18ClN5O2S. The van der Waals surface area contributed by atoms with Gasteiger partial charge in [0, 0.05) is 21.8 Å². The summed E-state index contributed by atoms with van der Waals surface area (Å²) >= 11 is 7.54. The molecule has 9 heteroatoms. The van der Waals surface area contributed by atoms with Crippen molar-refractivity contribution in [1.82, 2.24) is 25.0 Å². The van der Waals surface area contributed by atoms with Crippen LogP contribution in [-0.2, 0) is 5.75 Å². The van der Waals surface area contributed by atoms with Gasteiger partial charge < -0.3 is 9.15 Å². The van der Waals surface area contributed by atoms with Gasteiger partial charge in [0.1, 0.15) is 5.75 Å². The van der Waals surface area contributed by atoms with Crippen LogP contribution < -0.4 is 4.74 Å². The van der Waals surface area contributed by atoms with E-state index in [1.54, 1.807) is 7.11 Å². The Labute approximate surface area is 199 Å². The maximum atomic E-state index is 6.07. The highest BCUT2D eigenvalue weighted by molar-refractivity contribution is 7.98. The Bertz CT molecular complexity index is 1350. The third-order valence-electron chi connectivity index (χ3n) is 4.88. The van der Waals surface area contributed by atoms with Crippen LogP contribution in [0.5, 0.6) is 5.75 Å². The standard InChI is InChI=1S/C24H18ClN5O2S/c1-31-20-13-11-19(12-14-20)30-22(16-7-9-18(25)10-8-16)27-29-24(30)33-15-21-26-28-23(32-21)17-5-3-2-4-6-17/h2-14H,15H2,1H3. The second-order valence-electron chi connectivity index (χ2n) is 7.00. The van der Waals surface area contributed by atoms with Gasteiger partial charge in [-0.25, -0.2) is 0 Å². The molecule has 0 unspecified atom stereocenters. The second-order valence-corrected chi connectivity index (χ2v) is 8.38. The number of methoxy groups -OCH3 is 1. The van der Waals surface area contributed by atoms with E-state index in [-0.39, 0.29) is 0 Å². The Morgan fingerprint density at radius 3 is 2.33 bits per heavy atom. The van der Waals surface area contributed by atoms with Crippen LogP contribution in [0.3, 0.4) is 0 Å². The minimum Gasteiger partial charge on any atom is -0.497 e. The van der Waals surface area contributed by atoms with Crippen molar-refractivity contribution in [2.75, 3.05) is 7.11 Å². The van der Waals surface area contributed by atoms with Crippen molar-refractivity contribution in [1.29, 1.82) is 0 Å². The van der Waals surface area contributed by atoms with Gasteiger partial charge in [0.15, 0.2) is 11.0 Å². The van der Waals surface area contributed by atoms with Gasteiger partial charge in [-0.2, -0.15) is 0 Å². The molecule has 7 nitrogen and oxygen atoms in total. The first-order chi connectivity index (χ1) is 16.2. The molecule has 33 heavy (non-hydrogen) atoms. The number of hydrogen-bond donors (Lipinski definition) is 0. The molecule has 0 bridgehead atoms. The van der Waals surface area contributed by atoms with Gasteiger partial charge >= 0.3 is 0 Å². The third-order valence-corrected chi connectivity index (χ3v) is 6.04. The molecule has 0 amide bonds. The van der Waals surface area contributed by atoms with Crippen LogP contribution in [-0.4, -0.2) is 32.1 Å². The van der Waals surface area contributed by atoms with E-state index in [0.717, 1.165) is 22.6 Å². The molecule has 164 valence electrons. The fourth-order valence-corrected chi connectivity index (χ4v) is 4.16. The molecular weight excluding hydrogens is 458 g/mol. The quantitative estimate of drug-likeness (QED) is 0.269. The number of halogens is 1. The Morgan fingerprint density at radius 2 is 1.61 bits per heavy atom. The first-order valence-corrected chi connectivity index (χ1v) is 11.4. The number of aromatic nitrogens is 5. The first-order valence-electron chi connectivity index (χ1n) is 10.1. The van der Waals surface area contributed by atoms with Crippen molar-refractivity contribution in [3.63, 3.8) is 0 Å². The highest BCUT2D eigenvalue weighted by Crippen LogP contribution is 2.31. The van der Waals surface area contributed by atoms with Crippen molar-refractivity contribution in [2.24, 2.45) is 0 Å². The zero-order valence-electron chi connectivity index (χ0n) is 17.6. The van der Waals surface area contributed by atoms with Crippen molar-refractivity contribution >= 4 is 23.4 Å². The van der Waals surface area contributed by atoms with Crippen molar-refractivity contribution in [3.05, 3.63) is 89.8 Å². The lowest BCUT2D eigenvalue weighted by molar-refractivity contribution is 0.414. The zero-order valence-corrected chi connectivity index (χ0v) is 19.1.